The Labute approximate surface area is 182 Å². The van der Waals surface area contributed by atoms with Crippen molar-refractivity contribution in [2.45, 2.75) is 26.2 Å². The first-order valence-electron chi connectivity index (χ1n) is 9.33. The summed E-state index contributed by atoms with van der Waals surface area (Å²) < 4.78 is 1.80. The van der Waals surface area contributed by atoms with Crippen LogP contribution in [-0.2, 0) is 5.41 Å². The lowest BCUT2D eigenvalue weighted by Gasteiger charge is -2.19. The van der Waals surface area contributed by atoms with Gasteiger partial charge in [0.1, 0.15) is 0 Å². The smallest absolute Gasteiger partial charge is 0.288 e. The van der Waals surface area contributed by atoms with Crippen LogP contribution in [0.1, 0.15) is 31.9 Å². The first-order valence-corrected chi connectivity index (χ1v) is 10.1. The Morgan fingerprint density at radius 3 is 2.07 bits per heavy atom. The standard InChI is InChI=1S/C24H23ClN2OS/c1-24(2,3)18-9-7-17(8-10-18)22(28)21(27-15-5-4-6-16-27)23(29)26-20-13-11-19(25)12-14-20/h4-16H,1-3H3,(H-,26,28,29)/p+1. The van der Waals surface area contributed by atoms with Crippen molar-refractivity contribution < 1.29 is 9.67 Å². The lowest BCUT2D eigenvalue weighted by atomic mass is 9.86. The Kier molecular flexibility index (Phi) is 6.36. The third-order valence-corrected chi connectivity index (χ3v) is 5.09. The third-order valence-electron chi connectivity index (χ3n) is 4.54. The molecule has 0 amide bonds. The van der Waals surface area contributed by atoms with Gasteiger partial charge in [-0.15, -0.1) is 0 Å². The predicted molar refractivity (Wildman–Crippen MR) is 125 cm³/mol. The van der Waals surface area contributed by atoms with Gasteiger partial charge >= 0.3 is 0 Å². The van der Waals surface area contributed by atoms with Crippen LogP contribution in [0.15, 0.2) is 79.1 Å². The first kappa shape index (κ1) is 21.0. The molecule has 0 aliphatic carbocycles. The molecular formula is C24H24ClN2OS+. The normalized spacial score (nSPS) is 12.3. The van der Waals surface area contributed by atoms with Crippen LogP contribution in [0.4, 0.5) is 5.69 Å². The van der Waals surface area contributed by atoms with Gasteiger partial charge in [-0.25, -0.2) is 0 Å². The summed E-state index contributed by atoms with van der Waals surface area (Å²) in [6, 6.07) is 20.9. The van der Waals surface area contributed by atoms with E-state index in [0.717, 1.165) is 5.69 Å². The fourth-order valence-electron chi connectivity index (χ4n) is 2.88. The minimum atomic E-state index is 0.0420. The van der Waals surface area contributed by atoms with E-state index < -0.39 is 0 Å². The van der Waals surface area contributed by atoms with Crippen molar-refractivity contribution in [2.75, 3.05) is 5.32 Å². The summed E-state index contributed by atoms with van der Waals surface area (Å²) in [6.07, 6.45) is 3.70. The number of hydrogen-bond donors (Lipinski definition) is 2. The zero-order valence-electron chi connectivity index (χ0n) is 16.7. The number of nitrogens with one attached hydrogen (secondary N) is 1. The second-order valence-electron chi connectivity index (χ2n) is 7.77. The largest absolute Gasteiger partial charge is 0.502 e. The number of anilines is 1. The molecule has 0 bridgehead atoms. The number of nitrogens with zero attached hydrogens (tertiary/aromatic N) is 1. The van der Waals surface area contributed by atoms with E-state index in [2.05, 4.69) is 26.1 Å². The van der Waals surface area contributed by atoms with E-state index in [0.29, 0.717) is 21.3 Å². The van der Waals surface area contributed by atoms with Gasteiger partial charge in [-0.05, 0) is 35.2 Å². The zero-order valence-corrected chi connectivity index (χ0v) is 18.3. The van der Waals surface area contributed by atoms with Crippen LogP contribution in [0, 0.1) is 0 Å². The van der Waals surface area contributed by atoms with Crippen molar-refractivity contribution in [3.63, 3.8) is 0 Å². The Morgan fingerprint density at radius 2 is 1.52 bits per heavy atom. The number of pyridine rings is 1. The Hall–Kier alpha value is -2.69. The number of hydrogen-bond acceptors (Lipinski definition) is 2. The maximum Gasteiger partial charge on any atom is 0.288 e. The van der Waals surface area contributed by atoms with Gasteiger partial charge < -0.3 is 10.4 Å². The van der Waals surface area contributed by atoms with E-state index in [-0.39, 0.29) is 11.2 Å². The summed E-state index contributed by atoms with van der Waals surface area (Å²) in [5.74, 6) is 0.105. The van der Waals surface area contributed by atoms with Crippen molar-refractivity contribution >= 4 is 46.0 Å². The average molecular weight is 424 g/mol. The highest BCUT2D eigenvalue weighted by Crippen LogP contribution is 2.25. The minimum Gasteiger partial charge on any atom is -0.502 e. The van der Waals surface area contributed by atoms with Gasteiger partial charge in [0, 0.05) is 28.4 Å². The average Bonchev–Trinajstić information content (AvgIpc) is 2.70. The number of rotatable bonds is 4. The molecule has 148 valence electrons. The molecule has 0 saturated heterocycles. The van der Waals surface area contributed by atoms with E-state index in [1.165, 1.54) is 5.56 Å². The van der Waals surface area contributed by atoms with Crippen LogP contribution in [-0.4, -0.2) is 10.1 Å². The highest BCUT2D eigenvalue weighted by molar-refractivity contribution is 7.81. The van der Waals surface area contributed by atoms with Crippen LogP contribution in [0.2, 0.25) is 5.02 Å². The van der Waals surface area contributed by atoms with Crippen molar-refractivity contribution in [1.82, 2.24) is 0 Å². The van der Waals surface area contributed by atoms with Gasteiger partial charge in [-0.1, -0.05) is 74.9 Å². The molecule has 2 N–H and O–H groups in total. The minimum absolute atomic E-state index is 0.0420. The van der Waals surface area contributed by atoms with Crippen LogP contribution in [0.5, 0.6) is 0 Å². The lowest BCUT2D eigenvalue weighted by molar-refractivity contribution is -0.575. The highest BCUT2D eigenvalue weighted by Gasteiger charge is 2.24. The molecule has 5 heteroatoms. The molecule has 2 aromatic carbocycles. The lowest BCUT2D eigenvalue weighted by Crippen LogP contribution is -2.38. The molecule has 29 heavy (non-hydrogen) atoms. The van der Waals surface area contributed by atoms with Crippen molar-refractivity contribution in [1.29, 1.82) is 0 Å². The molecule has 0 aliphatic heterocycles. The maximum atomic E-state index is 11.1. The fourth-order valence-corrected chi connectivity index (χ4v) is 3.33. The van der Waals surface area contributed by atoms with E-state index in [4.69, 9.17) is 23.8 Å². The third kappa shape index (κ3) is 5.22. The molecule has 0 spiro atoms. The summed E-state index contributed by atoms with van der Waals surface area (Å²) in [5, 5.41) is 15.0. The molecule has 0 radical (unpaired) electrons. The molecule has 0 aliphatic rings. The number of aromatic nitrogens is 1. The number of aliphatic hydroxyl groups excluding tert-OH is 1. The summed E-state index contributed by atoms with van der Waals surface area (Å²) in [4.78, 5) is 0.404. The van der Waals surface area contributed by atoms with Gasteiger partial charge in [-0.2, -0.15) is 4.57 Å². The summed E-state index contributed by atoms with van der Waals surface area (Å²) in [7, 11) is 0. The molecule has 0 unspecified atom stereocenters. The predicted octanol–water partition coefficient (Wildman–Crippen LogP) is 6.25. The molecule has 0 saturated carbocycles. The Morgan fingerprint density at radius 1 is 0.931 bits per heavy atom. The SMILES string of the molecule is CC(C)(C)c1ccc(/C(O)=C(/C(=S)Nc2ccc(Cl)cc2)[n+]2ccccc2)cc1. The van der Waals surface area contributed by atoms with Crippen molar-refractivity contribution in [3.05, 3.63) is 95.3 Å². The summed E-state index contributed by atoms with van der Waals surface area (Å²) >= 11 is 11.6. The quantitative estimate of drug-likeness (QED) is 0.225. The van der Waals surface area contributed by atoms with E-state index >= 15 is 0 Å². The number of benzene rings is 2. The van der Waals surface area contributed by atoms with Gasteiger partial charge in [0.05, 0.1) is 0 Å². The fraction of sp³-hybridized carbons (Fsp3) is 0.167. The second-order valence-corrected chi connectivity index (χ2v) is 8.61. The van der Waals surface area contributed by atoms with Gasteiger partial charge in [0.25, 0.3) is 5.70 Å². The maximum absolute atomic E-state index is 11.1. The molecular weight excluding hydrogens is 400 g/mol. The van der Waals surface area contributed by atoms with Crippen LogP contribution < -0.4 is 9.88 Å². The van der Waals surface area contributed by atoms with E-state index in [1.807, 2.05) is 67.0 Å². The second kappa shape index (κ2) is 8.76. The Balaban J connectivity index is 2.02. The first-order chi connectivity index (χ1) is 13.8. The number of thiocarbonyl (C=S) groups is 1. The van der Waals surface area contributed by atoms with Gasteiger partial charge in [-0.3, -0.25) is 0 Å². The molecule has 0 fully saturated rings. The molecule has 1 aromatic heterocycles. The van der Waals surface area contributed by atoms with Gasteiger partial charge in [0.2, 0.25) is 0 Å². The highest BCUT2D eigenvalue weighted by atomic mass is 35.5. The summed E-state index contributed by atoms with van der Waals surface area (Å²) in [6.45, 7) is 6.48. The zero-order chi connectivity index (χ0) is 21.0. The molecule has 3 rings (SSSR count). The molecule has 3 aromatic rings. The van der Waals surface area contributed by atoms with Crippen LogP contribution in [0.3, 0.4) is 0 Å². The van der Waals surface area contributed by atoms with Crippen molar-refractivity contribution in [3.8, 4) is 0 Å². The van der Waals surface area contributed by atoms with Crippen LogP contribution >= 0.6 is 23.8 Å². The number of halogens is 1. The molecule has 1 heterocycles. The summed E-state index contributed by atoms with van der Waals surface area (Å²) in [5.41, 5.74) is 3.23. The van der Waals surface area contributed by atoms with Crippen LogP contribution in [0.25, 0.3) is 11.5 Å². The van der Waals surface area contributed by atoms with E-state index in [1.54, 1.807) is 16.7 Å². The van der Waals surface area contributed by atoms with E-state index in [9.17, 15) is 5.11 Å². The topological polar surface area (TPSA) is 36.1 Å². The molecule has 0 atom stereocenters. The molecule has 3 nitrogen and oxygen atoms in total. The van der Waals surface area contributed by atoms with Gasteiger partial charge in [0.15, 0.2) is 23.1 Å². The number of aliphatic hydroxyl groups is 1. The Bertz CT molecular complexity index is 1020. The monoisotopic (exact) mass is 423 g/mol. The van der Waals surface area contributed by atoms with Crippen molar-refractivity contribution in [2.24, 2.45) is 0 Å².